The summed E-state index contributed by atoms with van der Waals surface area (Å²) in [6.07, 6.45) is 0.821. The van der Waals surface area contributed by atoms with Gasteiger partial charge in [0.25, 0.3) is 0 Å². The molecule has 0 amide bonds. The minimum absolute atomic E-state index is 0.516. The number of pyridine rings is 1. The molecular formula is C11H12Cl2N4S2. The van der Waals surface area contributed by atoms with Crippen molar-refractivity contribution in [2.45, 2.75) is 29.6 Å². The number of nitrogens with one attached hydrogen (secondary N) is 1. The Hall–Kier alpha value is -0.560. The zero-order valence-electron chi connectivity index (χ0n) is 10.4. The average Bonchev–Trinajstić information content (AvgIpc) is 2.83. The summed E-state index contributed by atoms with van der Waals surface area (Å²) in [5.74, 6) is 1.47. The molecule has 0 spiro atoms. The van der Waals surface area contributed by atoms with Crippen molar-refractivity contribution in [1.29, 1.82) is 0 Å². The van der Waals surface area contributed by atoms with E-state index in [9.17, 15) is 0 Å². The minimum atomic E-state index is 0.516. The first-order valence-corrected chi connectivity index (χ1v) is 8.09. The van der Waals surface area contributed by atoms with E-state index in [2.05, 4.69) is 19.7 Å². The van der Waals surface area contributed by atoms with Gasteiger partial charge in [0.05, 0.1) is 10.0 Å². The van der Waals surface area contributed by atoms with E-state index in [0.717, 1.165) is 23.1 Å². The van der Waals surface area contributed by atoms with Crippen LogP contribution in [0.25, 0.3) is 0 Å². The van der Waals surface area contributed by atoms with Gasteiger partial charge < -0.3 is 5.32 Å². The second-order valence-corrected chi connectivity index (χ2v) is 6.37. The molecule has 0 aromatic carbocycles. The van der Waals surface area contributed by atoms with Gasteiger partial charge in [-0.15, -0.1) is 0 Å². The van der Waals surface area contributed by atoms with E-state index in [0.29, 0.717) is 20.9 Å². The van der Waals surface area contributed by atoms with Crippen LogP contribution in [-0.4, -0.2) is 20.9 Å². The molecule has 102 valence electrons. The molecule has 2 aromatic heterocycles. The van der Waals surface area contributed by atoms with Gasteiger partial charge in [0.2, 0.25) is 0 Å². The predicted octanol–water partition coefficient (Wildman–Crippen LogP) is 4.39. The summed E-state index contributed by atoms with van der Waals surface area (Å²) in [7, 11) is 0. The SMILES string of the molecule is CCNc1nc(Sc2nc(CC)ns2)c(Cl)cc1Cl. The Kier molecular flexibility index (Phi) is 5.27. The van der Waals surface area contributed by atoms with Crippen molar-refractivity contribution in [3.05, 3.63) is 21.9 Å². The Morgan fingerprint density at radius 1 is 1.26 bits per heavy atom. The molecular weight excluding hydrogens is 323 g/mol. The maximum absolute atomic E-state index is 6.15. The molecule has 0 fully saturated rings. The number of nitrogens with zero attached hydrogens (tertiary/aromatic N) is 3. The number of hydrogen-bond acceptors (Lipinski definition) is 6. The Balaban J connectivity index is 2.26. The molecule has 0 bridgehead atoms. The quantitative estimate of drug-likeness (QED) is 0.878. The van der Waals surface area contributed by atoms with Gasteiger partial charge >= 0.3 is 0 Å². The van der Waals surface area contributed by atoms with E-state index < -0.39 is 0 Å². The van der Waals surface area contributed by atoms with E-state index >= 15 is 0 Å². The van der Waals surface area contributed by atoms with Crippen molar-refractivity contribution < 1.29 is 0 Å². The summed E-state index contributed by atoms with van der Waals surface area (Å²) < 4.78 is 5.06. The van der Waals surface area contributed by atoms with Crippen molar-refractivity contribution in [1.82, 2.24) is 14.3 Å². The molecule has 0 saturated heterocycles. The Morgan fingerprint density at radius 3 is 2.68 bits per heavy atom. The topological polar surface area (TPSA) is 50.7 Å². The van der Waals surface area contributed by atoms with Gasteiger partial charge in [-0.2, -0.15) is 4.37 Å². The largest absolute Gasteiger partial charge is 0.369 e. The maximum Gasteiger partial charge on any atom is 0.176 e. The highest BCUT2D eigenvalue weighted by molar-refractivity contribution is 8.01. The summed E-state index contributed by atoms with van der Waals surface area (Å²) in [5.41, 5.74) is 0. The van der Waals surface area contributed by atoms with Gasteiger partial charge in [-0.3, -0.25) is 0 Å². The number of rotatable bonds is 5. The third-order valence-corrected chi connectivity index (χ3v) is 4.67. The van der Waals surface area contributed by atoms with Crippen LogP contribution in [0.3, 0.4) is 0 Å². The van der Waals surface area contributed by atoms with Crippen LogP contribution in [0.5, 0.6) is 0 Å². The molecule has 2 rings (SSSR count). The van der Waals surface area contributed by atoms with Crippen molar-refractivity contribution in [2.24, 2.45) is 0 Å². The van der Waals surface area contributed by atoms with E-state index in [1.165, 1.54) is 23.3 Å². The van der Waals surface area contributed by atoms with Crippen molar-refractivity contribution in [3.63, 3.8) is 0 Å². The Labute approximate surface area is 130 Å². The van der Waals surface area contributed by atoms with Crippen LogP contribution in [-0.2, 0) is 6.42 Å². The standard InChI is InChI=1S/C11H12Cl2N4S2/c1-3-8-15-11(19-17-8)18-10-7(13)5-6(12)9(16-10)14-4-2/h5H,3-4H2,1-2H3,(H,14,16). The van der Waals surface area contributed by atoms with Crippen LogP contribution in [0.1, 0.15) is 19.7 Å². The number of anilines is 1. The lowest BCUT2D eigenvalue weighted by Crippen LogP contribution is -2.00. The molecule has 2 aromatic rings. The third-order valence-electron chi connectivity index (χ3n) is 2.19. The zero-order chi connectivity index (χ0) is 13.8. The van der Waals surface area contributed by atoms with E-state index in [1.807, 2.05) is 13.8 Å². The molecule has 8 heteroatoms. The van der Waals surface area contributed by atoms with Gasteiger partial charge in [-0.05, 0) is 36.3 Å². The third kappa shape index (κ3) is 3.72. The first-order chi connectivity index (χ1) is 9.13. The summed E-state index contributed by atoms with van der Waals surface area (Å²) in [6, 6.07) is 1.69. The van der Waals surface area contributed by atoms with Crippen molar-refractivity contribution in [3.8, 4) is 0 Å². The van der Waals surface area contributed by atoms with Gasteiger partial charge in [0.1, 0.15) is 16.7 Å². The smallest absolute Gasteiger partial charge is 0.176 e. The number of aromatic nitrogens is 3. The summed E-state index contributed by atoms with van der Waals surface area (Å²) >= 11 is 15.0. The maximum atomic E-state index is 6.15. The van der Waals surface area contributed by atoms with Gasteiger partial charge in [0.15, 0.2) is 4.34 Å². The Morgan fingerprint density at radius 2 is 2.05 bits per heavy atom. The van der Waals surface area contributed by atoms with Crippen LogP contribution in [0.2, 0.25) is 10.0 Å². The lowest BCUT2D eigenvalue weighted by Gasteiger charge is -2.08. The molecule has 0 radical (unpaired) electrons. The molecule has 0 aliphatic heterocycles. The van der Waals surface area contributed by atoms with Crippen LogP contribution in [0, 0.1) is 0 Å². The summed E-state index contributed by atoms with van der Waals surface area (Å²) in [6.45, 7) is 4.75. The molecule has 0 atom stereocenters. The van der Waals surface area contributed by atoms with Crippen molar-refractivity contribution in [2.75, 3.05) is 11.9 Å². The molecule has 0 aliphatic rings. The molecule has 0 saturated carbocycles. The lowest BCUT2D eigenvalue weighted by atomic mass is 10.4. The highest BCUT2D eigenvalue weighted by atomic mass is 35.5. The summed E-state index contributed by atoms with van der Waals surface area (Å²) in [4.78, 5) is 8.80. The second kappa shape index (κ2) is 6.74. The highest BCUT2D eigenvalue weighted by Gasteiger charge is 2.13. The predicted molar refractivity (Wildman–Crippen MR) is 81.8 cm³/mol. The van der Waals surface area contributed by atoms with E-state index in [1.54, 1.807) is 6.07 Å². The number of halogens is 2. The normalized spacial score (nSPS) is 10.7. The minimum Gasteiger partial charge on any atom is -0.369 e. The first kappa shape index (κ1) is 14.8. The van der Waals surface area contributed by atoms with Crippen LogP contribution >= 0.6 is 46.5 Å². The molecule has 1 N–H and O–H groups in total. The number of aryl methyl sites for hydroxylation is 1. The monoisotopic (exact) mass is 334 g/mol. The number of hydrogen-bond donors (Lipinski definition) is 1. The van der Waals surface area contributed by atoms with Gasteiger partial charge in [-0.1, -0.05) is 30.1 Å². The van der Waals surface area contributed by atoms with Crippen molar-refractivity contribution >= 4 is 52.3 Å². The second-order valence-electron chi connectivity index (χ2n) is 3.57. The molecule has 19 heavy (non-hydrogen) atoms. The van der Waals surface area contributed by atoms with Crippen LogP contribution < -0.4 is 5.32 Å². The van der Waals surface area contributed by atoms with Crippen LogP contribution in [0.15, 0.2) is 15.4 Å². The lowest BCUT2D eigenvalue weighted by molar-refractivity contribution is 0.970. The molecule has 2 heterocycles. The first-order valence-electron chi connectivity index (χ1n) is 5.74. The van der Waals surface area contributed by atoms with Crippen LogP contribution in [0.4, 0.5) is 5.82 Å². The van der Waals surface area contributed by atoms with Gasteiger partial charge in [-0.25, -0.2) is 9.97 Å². The molecule has 4 nitrogen and oxygen atoms in total. The average molecular weight is 335 g/mol. The highest BCUT2D eigenvalue weighted by Crippen LogP contribution is 2.36. The fourth-order valence-corrected chi connectivity index (χ4v) is 3.47. The fourth-order valence-electron chi connectivity index (χ4n) is 1.32. The fraction of sp³-hybridized carbons (Fsp3) is 0.364. The molecule has 0 unspecified atom stereocenters. The van der Waals surface area contributed by atoms with Gasteiger partial charge in [0, 0.05) is 13.0 Å². The van der Waals surface area contributed by atoms with E-state index in [4.69, 9.17) is 23.2 Å². The zero-order valence-corrected chi connectivity index (χ0v) is 13.6. The molecule has 0 aliphatic carbocycles. The summed E-state index contributed by atoms with van der Waals surface area (Å²) in [5, 5.41) is 4.81. The Bertz CT molecular complexity index is 574. The van der Waals surface area contributed by atoms with E-state index in [-0.39, 0.29) is 0 Å².